The van der Waals surface area contributed by atoms with Crippen LogP contribution in [0.1, 0.15) is 25.7 Å². The molecule has 1 spiro atoms. The van der Waals surface area contributed by atoms with Crippen LogP contribution < -0.4 is 15.5 Å². The monoisotopic (exact) mass is 319 g/mol. The normalized spacial score (nSPS) is 23.0. The van der Waals surface area contributed by atoms with Crippen molar-refractivity contribution in [2.45, 2.75) is 37.5 Å². The first-order valence-electron chi connectivity index (χ1n) is 8.17. The highest BCUT2D eigenvalue weighted by Crippen LogP contribution is 2.32. The molecule has 2 saturated heterocycles. The molecule has 1 aliphatic carbocycles. The molecule has 1 saturated carbocycles. The number of carbonyl (C=O) groups is 1. The Balaban J connectivity index is 1.32. The molecule has 0 atom stereocenters. The lowest BCUT2D eigenvalue weighted by molar-refractivity contribution is -0.169. The van der Waals surface area contributed by atoms with Crippen LogP contribution in [0.15, 0.2) is 12.1 Å². The second-order valence-electron chi connectivity index (χ2n) is 6.24. The summed E-state index contributed by atoms with van der Waals surface area (Å²) in [4.78, 5) is 13.8. The largest absolute Gasteiger partial charge is 0.355 e. The maximum absolute atomic E-state index is 11.7. The Bertz CT molecular complexity index is 559. The molecule has 4 rings (SSSR count). The fourth-order valence-corrected chi connectivity index (χ4v) is 2.99. The number of piperidine rings is 1. The molecule has 0 unspecified atom stereocenters. The molecule has 124 valence electrons. The number of ether oxygens (including phenoxy) is 2. The number of aromatic nitrogens is 2. The van der Waals surface area contributed by atoms with Gasteiger partial charge < -0.3 is 19.7 Å². The van der Waals surface area contributed by atoms with Crippen molar-refractivity contribution in [2.24, 2.45) is 0 Å². The van der Waals surface area contributed by atoms with Crippen LogP contribution in [0.25, 0.3) is 0 Å². The summed E-state index contributed by atoms with van der Waals surface area (Å²) in [6, 6.07) is 3.77. The Kier molecular flexibility index (Phi) is 3.78. The Labute approximate surface area is 134 Å². The van der Waals surface area contributed by atoms with Crippen molar-refractivity contribution in [3.63, 3.8) is 0 Å². The van der Waals surface area contributed by atoms with Crippen molar-refractivity contribution in [1.82, 2.24) is 15.5 Å². The van der Waals surface area contributed by atoms with Crippen LogP contribution in [0.3, 0.4) is 0 Å². The number of amides is 2. The Morgan fingerprint density at radius 1 is 1.17 bits per heavy atom. The van der Waals surface area contributed by atoms with Crippen LogP contribution in [-0.2, 0) is 9.47 Å². The molecule has 2 amide bonds. The van der Waals surface area contributed by atoms with E-state index in [1.165, 1.54) is 0 Å². The first-order valence-corrected chi connectivity index (χ1v) is 8.17. The van der Waals surface area contributed by atoms with Gasteiger partial charge in [0, 0.05) is 32.0 Å². The summed E-state index contributed by atoms with van der Waals surface area (Å²) in [5.74, 6) is 0.889. The summed E-state index contributed by atoms with van der Waals surface area (Å²) in [6.07, 6.45) is 3.78. The fraction of sp³-hybridized carbons (Fsp3) is 0.667. The van der Waals surface area contributed by atoms with Crippen molar-refractivity contribution in [1.29, 1.82) is 0 Å². The average molecular weight is 319 g/mol. The van der Waals surface area contributed by atoms with Crippen LogP contribution in [0.4, 0.5) is 16.4 Å². The number of hydrogen-bond acceptors (Lipinski definition) is 6. The Hall–Kier alpha value is -1.93. The van der Waals surface area contributed by atoms with Gasteiger partial charge in [0.15, 0.2) is 17.4 Å². The number of nitrogens with zero attached hydrogens (tertiary/aromatic N) is 3. The van der Waals surface area contributed by atoms with Crippen LogP contribution in [0, 0.1) is 0 Å². The molecule has 2 N–H and O–H groups in total. The third-order valence-corrected chi connectivity index (χ3v) is 4.47. The van der Waals surface area contributed by atoms with Crippen molar-refractivity contribution in [2.75, 3.05) is 36.5 Å². The molecule has 8 nitrogen and oxygen atoms in total. The van der Waals surface area contributed by atoms with Crippen molar-refractivity contribution in [3.05, 3.63) is 12.1 Å². The highest BCUT2D eigenvalue weighted by atomic mass is 16.7. The molecule has 1 aromatic heterocycles. The first-order chi connectivity index (χ1) is 11.2. The van der Waals surface area contributed by atoms with E-state index in [0.29, 0.717) is 25.1 Å². The van der Waals surface area contributed by atoms with E-state index in [-0.39, 0.29) is 11.8 Å². The highest BCUT2D eigenvalue weighted by molar-refractivity contribution is 5.88. The SMILES string of the molecule is O=C(Nc1ccc(N2CCC3(CC2)OCCO3)nn1)NC1CC1. The van der Waals surface area contributed by atoms with Gasteiger partial charge in [-0.2, -0.15) is 0 Å². The fourth-order valence-electron chi connectivity index (χ4n) is 2.99. The van der Waals surface area contributed by atoms with E-state index in [1.54, 1.807) is 6.07 Å². The summed E-state index contributed by atoms with van der Waals surface area (Å²) < 4.78 is 11.5. The first kappa shape index (κ1) is 14.6. The number of urea groups is 1. The van der Waals surface area contributed by atoms with Crippen LogP contribution >= 0.6 is 0 Å². The van der Waals surface area contributed by atoms with Gasteiger partial charge in [0.25, 0.3) is 0 Å². The summed E-state index contributed by atoms with van der Waals surface area (Å²) in [7, 11) is 0. The average Bonchev–Trinajstić information content (AvgIpc) is 3.26. The van der Waals surface area contributed by atoms with E-state index in [4.69, 9.17) is 9.47 Å². The summed E-state index contributed by atoms with van der Waals surface area (Å²) >= 11 is 0. The second-order valence-corrected chi connectivity index (χ2v) is 6.24. The van der Waals surface area contributed by atoms with E-state index in [2.05, 4.69) is 25.7 Å². The molecule has 0 bridgehead atoms. The third kappa shape index (κ3) is 3.37. The van der Waals surface area contributed by atoms with Gasteiger partial charge in [0.05, 0.1) is 13.2 Å². The van der Waals surface area contributed by atoms with E-state index < -0.39 is 0 Å². The number of rotatable bonds is 3. The van der Waals surface area contributed by atoms with Gasteiger partial charge in [-0.25, -0.2) is 4.79 Å². The number of hydrogen-bond donors (Lipinski definition) is 2. The molecule has 2 aliphatic heterocycles. The molecule has 0 radical (unpaired) electrons. The molecular weight excluding hydrogens is 298 g/mol. The highest BCUT2D eigenvalue weighted by Gasteiger charge is 2.40. The van der Waals surface area contributed by atoms with E-state index in [0.717, 1.165) is 44.6 Å². The number of nitrogens with one attached hydrogen (secondary N) is 2. The zero-order chi connectivity index (χ0) is 15.7. The minimum atomic E-state index is -0.383. The molecule has 23 heavy (non-hydrogen) atoms. The molecule has 8 heteroatoms. The van der Waals surface area contributed by atoms with Gasteiger partial charge in [-0.05, 0) is 25.0 Å². The van der Waals surface area contributed by atoms with Gasteiger partial charge in [0.2, 0.25) is 0 Å². The lowest BCUT2D eigenvalue weighted by Gasteiger charge is -2.37. The van der Waals surface area contributed by atoms with E-state index >= 15 is 0 Å². The van der Waals surface area contributed by atoms with Crippen LogP contribution in [0.5, 0.6) is 0 Å². The summed E-state index contributed by atoms with van der Waals surface area (Å²) in [5.41, 5.74) is 0. The standard InChI is InChI=1S/C15H21N5O3/c21-14(16-11-1-2-11)17-12-3-4-13(19-18-12)20-7-5-15(6-8-20)22-9-10-23-15/h3-4,11H,1-2,5-10H2,(H2,16,17,18,21). The maximum atomic E-state index is 11.7. The number of carbonyl (C=O) groups excluding carboxylic acids is 1. The topological polar surface area (TPSA) is 88.6 Å². The predicted octanol–water partition coefficient (Wildman–Crippen LogP) is 1.10. The van der Waals surface area contributed by atoms with Crippen molar-refractivity contribution in [3.8, 4) is 0 Å². The zero-order valence-electron chi connectivity index (χ0n) is 13.0. The minimum Gasteiger partial charge on any atom is -0.355 e. The predicted molar refractivity (Wildman–Crippen MR) is 83.3 cm³/mol. The van der Waals surface area contributed by atoms with Crippen LogP contribution in [0.2, 0.25) is 0 Å². The van der Waals surface area contributed by atoms with Gasteiger partial charge in [0.1, 0.15) is 0 Å². The molecule has 3 fully saturated rings. The molecule has 3 aliphatic rings. The summed E-state index contributed by atoms with van der Waals surface area (Å²) in [6.45, 7) is 3.01. The molecular formula is C15H21N5O3. The lowest BCUT2D eigenvalue weighted by Crippen LogP contribution is -2.45. The number of anilines is 2. The Morgan fingerprint density at radius 2 is 1.91 bits per heavy atom. The molecule has 0 aromatic carbocycles. The summed E-state index contributed by atoms with van der Waals surface area (Å²) in [5, 5.41) is 13.9. The maximum Gasteiger partial charge on any atom is 0.320 e. The minimum absolute atomic E-state index is 0.218. The smallest absolute Gasteiger partial charge is 0.320 e. The van der Waals surface area contributed by atoms with Gasteiger partial charge in [-0.15, -0.1) is 10.2 Å². The van der Waals surface area contributed by atoms with E-state index in [1.807, 2.05) is 6.07 Å². The van der Waals surface area contributed by atoms with Gasteiger partial charge in [-0.1, -0.05) is 0 Å². The molecule has 3 heterocycles. The van der Waals surface area contributed by atoms with Gasteiger partial charge in [-0.3, -0.25) is 5.32 Å². The quantitative estimate of drug-likeness (QED) is 0.867. The van der Waals surface area contributed by atoms with Gasteiger partial charge >= 0.3 is 6.03 Å². The second kappa shape index (κ2) is 5.93. The Morgan fingerprint density at radius 3 is 2.52 bits per heavy atom. The van der Waals surface area contributed by atoms with E-state index in [9.17, 15) is 4.79 Å². The van der Waals surface area contributed by atoms with Crippen LogP contribution in [-0.4, -0.2) is 54.4 Å². The molecule has 1 aromatic rings. The zero-order valence-corrected chi connectivity index (χ0v) is 13.0. The lowest BCUT2D eigenvalue weighted by atomic mass is 10.0. The van der Waals surface area contributed by atoms with Crippen molar-refractivity contribution < 1.29 is 14.3 Å². The van der Waals surface area contributed by atoms with Crippen molar-refractivity contribution >= 4 is 17.7 Å². The third-order valence-electron chi connectivity index (χ3n) is 4.47.